The van der Waals surface area contributed by atoms with Crippen LogP contribution in [0.2, 0.25) is 10.0 Å². The van der Waals surface area contributed by atoms with Crippen LogP contribution >= 0.6 is 23.2 Å². The van der Waals surface area contributed by atoms with Gasteiger partial charge in [0.1, 0.15) is 12.9 Å². The monoisotopic (exact) mass is 458 g/mol. The Morgan fingerprint density at radius 2 is 1.90 bits per heavy atom. The number of nitrogens with zero attached hydrogens (tertiary/aromatic N) is 5. The van der Waals surface area contributed by atoms with Crippen molar-refractivity contribution >= 4 is 35.1 Å². The molecule has 3 aromatic rings. The minimum Gasteiger partial charge on any atom is -0.292 e. The molecule has 7 nitrogen and oxygen atoms in total. The zero-order chi connectivity index (χ0) is 21.5. The van der Waals surface area contributed by atoms with Gasteiger partial charge in [-0.3, -0.25) is 14.8 Å². The van der Waals surface area contributed by atoms with Crippen LogP contribution in [-0.4, -0.2) is 30.5 Å². The van der Waals surface area contributed by atoms with Crippen molar-refractivity contribution in [2.75, 3.05) is 5.32 Å². The Bertz CT molecular complexity index is 1070. The number of hydrogen-bond acceptors (Lipinski definition) is 4. The number of hydrogen-bond donors (Lipinski definition) is 1. The maximum absolute atomic E-state index is 13.0. The van der Waals surface area contributed by atoms with E-state index in [0.717, 1.165) is 23.6 Å². The number of carbonyl (C=O) groups excluding carboxylic acids is 1. The number of rotatable bonds is 6. The zero-order valence-electron chi connectivity index (χ0n) is 15.3. The first-order valence-corrected chi connectivity index (χ1v) is 9.73. The lowest BCUT2D eigenvalue weighted by Gasteiger charge is -2.07. The summed E-state index contributed by atoms with van der Waals surface area (Å²) in [5.41, 5.74) is 0.0504. The van der Waals surface area contributed by atoms with Crippen molar-refractivity contribution in [3.05, 3.63) is 57.6 Å². The fraction of sp³-hybridized carbons (Fsp3) is 0.333. The van der Waals surface area contributed by atoms with Gasteiger partial charge in [-0.1, -0.05) is 29.3 Å². The molecule has 0 bridgehead atoms. The molecule has 1 fully saturated rings. The van der Waals surface area contributed by atoms with Crippen LogP contribution in [0.15, 0.2) is 30.6 Å². The first-order valence-electron chi connectivity index (χ1n) is 8.98. The van der Waals surface area contributed by atoms with E-state index in [4.69, 9.17) is 23.2 Å². The van der Waals surface area contributed by atoms with Crippen LogP contribution in [0.3, 0.4) is 0 Å². The molecule has 0 saturated heterocycles. The van der Waals surface area contributed by atoms with Crippen molar-refractivity contribution in [3.8, 4) is 0 Å². The first-order chi connectivity index (χ1) is 14.2. The second-order valence-electron chi connectivity index (χ2n) is 6.90. The predicted octanol–water partition coefficient (Wildman–Crippen LogP) is 4.36. The Balaban J connectivity index is 1.44. The van der Waals surface area contributed by atoms with Crippen molar-refractivity contribution in [3.63, 3.8) is 0 Å². The maximum atomic E-state index is 13.0. The normalized spacial score (nSPS) is 14.2. The molecule has 0 unspecified atom stereocenters. The van der Waals surface area contributed by atoms with Gasteiger partial charge in [0.05, 0.1) is 6.54 Å². The van der Waals surface area contributed by atoms with Crippen LogP contribution in [0.4, 0.5) is 19.1 Å². The van der Waals surface area contributed by atoms with E-state index < -0.39 is 17.8 Å². The average molecular weight is 459 g/mol. The number of halogens is 5. The molecular formula is C18H15Cl2F3N6O. The summed E-state index contributed by atoms with van der Waals surface area (Å²) in [6, 6.07) is 6.11. The van der Waals surface area contributed by atoms with E-state index in [-0.39, 0.29) is 25.0 Å². The lowest BCUT2D eigenvalue weighted by Crippen LogP contribution is -2.22. The van der Waals surface area contributed by atoms with Crippen LogP contribution in [-0.2, 0) is 24.1 Å². The van der Waals surface area contributed by atoms with Gasteiger partial charge in [0.25, 0.3) is 0 Å². The van der Waals surface area contributed by atoms with Gasteiger partial charge in [-0.15, -0.1) is 5.10 Å². The third-order valence-electron chi connectivity index (χ3n) is 4.56. The summed E-state index contributed by atoms with van der Waals surface area (Å²) in [6.45, 7) is -0.131. The van der Waals surface area contributed by atoms with Crippen LogP contribution in [0.1, 0.15) is 35.7 Å². The summed E-state index contributed by atoms with van der Waals surface area (Å²) in [4.78, 5) is 16.3. The van der Waals surface area contributed by atoms with Gasteiger partial charge in [0, 0.05) is 27.2 Å². The smallest absolute Gasteiger partial charge is 0.292 e. The molecule has 1 N–H and O–H groups in total. The highest BCUT2D eigenvalue weighted by Gasteiger charge is 2.38. The van der Waals surface area contributed by atoms with Gasteiger partial charge < -0.3 is 0 Å². The summed E-state index contributed by atoms with van der Waals surface area (Å²) in [5.74, 6) is -0.569. The van der Waals surface area contributed by atoms with E-state index in [0.29, 0.717) is 21.3 Å². The summed E-state index contributed by atoms with van der Waals surface area (Å²) in [7, 11) is 0. The number of anilines is 1. The van der Waals surface area contributed by atoms with Crippen molar-refractivity contribution in [2.24, 2.45) is 0 Å². The molecule has 4 rings (SSSR count). The molecule has 30 heavy (non-hydrogen) atoms. The number of carbonyl (C=O) groups is 1. The minimum atomic E-state index is -4.56. The highest BCUT2D eigenvalue weighted by molar-refractivity contribution is 6.35. The van der Waals surface area contributed by atoms with Crippen molar-refractivity contribution in [1.29, 1.82) is 0 Å². The molecular weight excluding hydrogens is 444 g/mol. The highest BCUT2D eigenvalue weighted by Crippen LogP contribution is 2.42. The topological polar surface area (TPSA) is 77.6 Å². The van der Waals surface area contributed by atoms with Crippen LogP contribution in [0, 0.1) is 0 Å². The van der Waals surface area contributed by atoms with E-state index in [1.165, 1.54) is 11.0 Å². The van der Waals surface area contributed by atoms with E-state index in [1.807, 2.05) is 0 Å². The van der Waals surface area contributed by atoms with E-state index in [9.17, 15) is 18.0 Å². The van der Waals surface area contributed by atoms with Gasteiger partial charge in [-0.2, -0.15) is 18.3 Å². The number of amides is 1. The van der Waals surface area contributed by atoms with E-state index in [1.54, 1.807) is 18.2 Å². The summed E-state index contributed by atoms with van der Waals surface area (Å²) >= 11 is 12.3. The largest absolute Gasteiger partial charge is 0.435 e. The van der Waals surface area contributed by atoms with Crippen molar-refractivity contribution in [1.82, 2.24) is 24.5 Å². The molecule has 2 aromatic heterocycles. The fourth-order valence-electron chi connectivity index (χ4n) is 2.98. The van der Waals surface area contributed by atoms with Crippen LogP contribution in [0.25, 0.3) is 0 Å². The molecule has 0 aliphatic heterocycles. The molecule has 1 amide bonds. The Kier molecular flexibility index (Phi) is 5.46. The average Bonchev–Trinajstić information content (AvgIpc) is 3.26. The third-order valence-corrected chi connectivity index (χ3v) is 5.27. The molecule has 158 valence electrons. The quantitative estimate of drug-likeness (QED) is 0.594. The third kappa shape index (κ3) is 4.59. The first kappa shape index (κ1) is 20.7. The summed E-state index contributed by atoms with van der Waals surface area (Å²) in [5, 5.41) is 11.1. The second kappa shape index (κ2) is 7.92. The van der Waals surface area contributed by atoms with Gasteiger partial charge in [0.15, 0.2) is 5.69 Å². The lowest BCUT2D eigenvalue weighted by molar-refractivity contribution is -0.141. The van der Waals surface area contributed by atoms with Crippen LogP contribution < -0.4 is 5.32 Å². The fourth-order valence-corrected chi connectivity index (χ4v) is 3.49. The number of aromatic nitrogens is 5. The number of nitrogens with one attached hydrogen (secondary N) is 1. The van der Waals surface area contributed by atoms with Crippen LogP contribution in [0.5, 0.6) is 0 Å². The number of benzene rings is 1. The predicted molar refractivity (Wildman–Crippen MR) is 103 cm³/mol. The van der Waals surface area contributed by atoms with Crippen molar-refractivity contribution in [2.45, 2.75) is 38.0 Å². The summed E-state index contributed by atoms with van der Waals surface area (Å²) < 4.78 is 41.4. The Hall–Kier alpha value is -2.59. The molecule has 0 radical (unpaired) electrons. The van der Waals surface area contributed by atoms with Gasteiger partial charge in [-0.25, -0.2) is 9.67 Å². The molecule has 2 heterocycles. The second-order valence-corrected chi connectivity index (χ2v) is 7.71. The van der Waals surface area contributed by atoms with Gasteiger partial charge in [0.2, 0.25) is 11.9 Å². The molecule has 12 heteroatoms. The minimum absolute atomic E-state index is 0.000831. The van der Waals surface area contributed by atoms with Gasteiger partial charge in [-0.05, 0) is 31.0 Å². The summed E-state index contributed by atoms with van der Waals surface area (Å²) in [6.07, 6.45) is -1.62. The molecule has 1 aliphatic rings. The van der Waals surface area contributed by atoms with E-state index >= 15 is 0 Å². The molecule has 1 aliphatic carbocycles. The SMILES string of the molecule is O=C(Cn1nc(C(F)(F)F)cc1C1CC1)Nc1ncn(Cc2c(Cl)cccc2Cl)n1. The lowest BCUT2D eigenvalue weighted by atomic mass is 10.2. The molecule has 0 atom stereocenters. The molecule has 1 saturated carbocycles. The standard InChI is InChI=1S/C18H15Cl2F3N6O/c19-12-2-1-3-13(20)11(12)7-28-9-24-17(27-28)25-16(30)8-29-14(10-4-5-10)6-15(26-29)18(21,22)23/h1-3,6,9-10H,4-5,7-8H2,(H,25,27,30). The molecule has 0 spiro atoms. The maximum Gasteiger partial charge on any atom is 0.435 e. The Morgan fingerprint density at radius 3 is 2.53 bits per heavy atom. The van der Waals surface area contributed by atoms with Crippen molar-refractivity contribution < 1.29 is 18.0 Å². The highest BCUT2D eigenvalue weighted by atomic mass is 35.5. The zero-order valence-corrected chi connectivity index (χ0v) is 16.8. The van der Waals surface area contributed by atoms with Gasteiger partial charge >= 0.3 is 6.18 Å². The van der Waals surface area contributed by atoms with E-state index in [2.05, 4.69) is 20.5 Å². The molecule has 1 aromatic carbocycles. The number of alkyl halides is 3. The Labute approximate surface area is 178 Å². The Morgan fingerprint density at radius 1 is 1.20 bits per heavy atom.